The first-order valence-electron chi connectivity index (χ1n) is 4.23. The highest BCUT2D eigenvalue weighted by Gasteiger charge is 2.40. The third-order valence-electron chi connectivity index (χ3n) is 2.58. The molecule has 0 saturated carbocycles. The summed E-state index contributed by atoms with van der Waals surface area (Å²) in [5.41, 5.74) is 1.49. The molecule has 11 heavy (non-hydrogen) atoms. The molecule has 0 bridgehead atoms. The van der Waals surface area contributed by atoms with E-state index < -0.39 is 0 Å². The minimum absolute atomic E-state index is 0.834. The molecule has 2 heteroatoms. The molecule has 2 rings (SSSR count). The highest BCUT2D eigenvalue weighted by molar-refractivity contribution is 6.53. The second-order valence-electron chi connectivity index (χ2n) is 3.56. The molecule has 0 aromatic carbocycles. The molecule has 2 atom stereocenters. The molecule has 2 heterocycles. The first-order valence-corrected chi connectivity index (χ1v) is 4.23. The number of aryl methyl sites for hydroxylation is 1. The van der Waals surface area contributed by atoms with Crippen molar-refractivity contribution in [2.24, 2.45) is 7.05 Å². The summed E-state index contributed by atoms with van der Waals surface area (Å²) in [6.45, 7) is 2.32. The lowest BCUT2D eigenvalue weighted by Crippen LogP contribution is -2.32. The SMILES string of the molecule is CC1BC1c1cccc[n+]1C. The third-order valence-corrected chi connectivity index (χ3v) is 2.58. The summed E-state index contributed by atoms with van der Waals surface area (Å²) >= 11 is 0. The maximum absolute atomic E-state index is 2.32. The number of nitrogens with zero attached hydrogens (tertiary/aromatic N) is 1. The van der Waals surface area contributed by atoms with E-state index >= 15 is 0 Å². The first kappa shape index (κ1) is 6.90. The van der Waals surface area contributed by atoms with Gasteiger partial charge in [0.05, 0.1) is 0 Å². The zero-order valence-electron chi connectivity index (χ0n) is 7.12. The topological polar surface area (TPSA) is 3.88 Å². The summed E-state index contributed by atoms with van der Waals surface area (Å²) in [5.74, 6) is 1.74. The van der Waals surface area contributed by atoms with E-state index in [0.29, 0.717) is 0 Å². The van der Waals surface area contributed by atoms with Crippen LogP contribution in [0.15, 0.2) is 24.4 Å². The molecule has 1 saturated heterocycles. The zero-order chi connectivity index (χ0) is 7.84. The summed E-state index contributed by atoms with van der Waals surface area (Å²) in [6.07, 6.45) is 2.13. The molecular weight excluding hydrogens is 133 g/mol. The molecule has 56 valence electrons. The molecule has 0 radical (unpaired) electrons. The quantitative estimate of drug-likeness (QED) is 0.407. The number of hydrogen-bond donors (Lipinski definition) is 0. The van der Waals surface area contributed by atoms with Crippen molar-refractivity contribution in [1.29, 1.82) is 0 Å². The van der Waals surface area contributed by atoms with Gasteiger partial charge >= 0.3 is 0 Å². The van der Waals surface area contributed by atoms with Crippen molar-refractivity contribution in [2.45, 2.75) is 18.6 Å². The van der Waals surface area contributed by atoms with Crippen molar-refractivity contribution in [2.75, 3.05) is 0 Å². The Balaban J connectivity index is 2.31. The normalized spacial score (nSPS) is 27.8. The van der Waals surface area contributed by atoms with Crippen LogP contribution in [0.3, 0.4) is 0 Å². The zero-order valence-corrected chi connectivity index (χ0v) is 7.12. The van der Waals surface area contributed by atoms with Crippen molar-refractivity contribution < 1.29 is 4.57 Å². The largest absolute Gasteiger partial charge is 0.206 e. The van der Waals surface area contributed by atoms with Gasteiger partial charge in [-0.25, -0.2) is 4.57 Å². The number of pyridine rings is 1. The average molecular weight is 146 g/mol. The Kier molecular flexibility index (Phi) is 1.48. The van der Waals surface area contributed by atoms with E-state index in [9.17, 15) is 0 Å². The van der Waals surface area contributed by atoms with Crippen LogP contribution in [-0.4, -0.2) is 7.28 Å². The van der Waals surface area contributed by atoms with Gasteiger partial charge in [0.15, 0.2) is 11.9 Å². The van der Waals surface area contributed by atoms with Gasteiger partial charge in [-0.1, -0.05) is 18.8 Å². The Morgan fingerprint density at radius 3 is 2.73 bits per heavy atom. The Morgan fingerprint density at radius 2 is 2.18 bits per heavy atom. The molecular formula is C9H13BN+. The van der Waals surface area contributed by atoms with E-state index in [4.69, 9.17) is 0 Å². The van der Waals surface area contributed by atoms with Crippen molar-refractivity contribution in [3.63, 3.8) is 0 Å². The van der Waals surface area contributed by atoms with E-state index in [1.165, 1.54) is 13.0 Å². The second kappa shape index (κ2) is 2.37. The fourth-order valence-corrected chi connectivity index (χ4v) is 1.66. The number of hydrogen-bond acceptors (Lipinski definition) is 0. The van der Waals surface area contributed by atoms with Crippen LogP contribution in [0.1, 0.15) is 18.4 Å². The molecule has 1 nitrogen and oxygen atoms in total. The van der Waals surface area contributed by atoms with Crippen molar-refractivity contribution in [3.05, 3.63) is 30.1 Å². The monoisotopic (exact) mass is 146 g/mol. The van der Waals surface area contributed by atoms with Gasteiger partial charge in [0.1, 0.15) is 14.3 Å². The van der Waals surface area contributed by atoms with E-state index in [2.05, 4.69) is 42.9 Å². The summed E-state index contributed by atoms with van der Waals surface area (Å²) in [7, 11) is 3.50. The highest BCUT2D eigenvalue weighted by atomic mass is 14.9. The van der Waals surface area contributed by atoms with E-state index in [1.54, 1.807) is 0 Å². The van der Waals surface area contributed by atoms with E-state index in [0.717, 1.165) is 11.6 Å². The minimum atomic E-state index is 0.834. The van der Waals surface area contributed by atoms with Crippen molar-refractivity contribution in [3.8, 4) is 0 Å². The molecule has 0 amide bonds. The van der Waals surface area contributed by atoms with Gasteiger partial charge in [-0.3, -0.25) is 0 Å². The molecule has 1 fully saturated rings. The number of aromatic nitrogens is 1. The third kappa shape index (κ3) is 1.17. The molecule has 0 aliphatic carbocycles. The van der Waals surface area contributed by atoms with Crippen LogP contribution in [0, 0.1) is 0 Å². The predicted octanol–water partition coefficient (Wildman–Crippen LogP) is 0.811. The Bertz CT molecular complexity index is 272. The van der Waals surface area contributed by atoms with E-state index in [1.807, 2.05) is 0 Å². The lowest BCUT2D eigenvalue weighted by atomic mass is 9.98. The van der Waals surface area contributed by atoms with Gasteiger partial charge in [-0.2, -0.15) is 0 Å². The summed E-state index contributed by atoms with van der Waals surface area (Å²) < 4.78 is 2.23. The van der Waals surface area contributed by atoms with Crippen LogP contribution in [0.25, 0.3) is 0 Å². The Labute approximate surface area is 68.3 Å². The molecule has 1 aromatic rings. The minimum Gasteiger partial charge on any atom is -0.206 e. The standard InChI is InChI=1S/C9H13BN/c1-7-9(10-7)8-5-3-4-6-11(8)2/h3-7,9-10H,1-2H3/q+1. The Morgan fingerprint density at radius 1 is 1.45 bits per heavy atom. The van der Waals surface area contributed by atoms with Crippen LogP contribution in [0.4, 0.5) is 0 Å². The maximum Gasteiger partial charge on any atom is 0.176 e. The fourth-order valence-electron chi connectivity index (χ4n) is 1.66. The lowest BCUT2D eigenvalue weighted by molar-refractivity contribution is -0.679. The van der Waals surface area contributed by atoms with Crippen molar-refractivity contribution in [1.82, 2.24) is 0 Å². The summed E-state index contributed by atoms with van der Waals surface area (Å²) in [5, 5.41) is 0. The molecule has 0 N–H and O–H groups in total. The lowest BCUT2D eigenvalue weighted by Gasteiger charge is -1.95. The van der Waals surface area contributed by atoms with Crippen LogP contribution in [0.5, 0.6) is 0 Å². The van der Waals surface area contributed by atoms with E-state index in [-0.39, 0.29) is 0 Å². The molecule has 0 spiro atoms. The summed E-state index contributed by atoms with van der Waals surface area (Å²) in [4.78, 5) is 0. The fraction of sp³-hybridized carbons (Fsp3) is 0.444. The van der Waals surface area contributed by atoms with Crippen molar-refractivity contribution >= 4 is 7.28 Å². The number of rotatable bonds is 1. The second-order valence-corrected chi connectivity index (χ2v) is 3.56. The van der Waals surface area contributed by atoms with Crippen LogP contribution >= 0.6 is 0 Å². The molecule has 1 aliphatic rings. The van der Waals surface area contributed by atoms with Gasteiger partial charge in [0.2, 0.25) is 0 Å². The molecule has 1 aromatic heterocycles. The summed E-state index contributed by atoms with van der Waals surface area (Å²) in [6, 6.07) is 6.44. The average Bonchev–Trinajstić information content (AvgIpc) is 2.68. The first-order chi connectivity index (χ1) is 5.29. The van der Waals surface area contributed by atoms with Gasteiger partial charge in [0, 0.05) is 17.9 Å². The van der Waals surface area contributed by atoms with Gasteiger partial charge in [-0.05, 0) is 0 Å². The maximum atomic E-state index is 2.32. The smallest absolute Gasteiger partial charge is 0.176 e. The van der Waals surface area contributed by atoms with Crippen LogP contribution < -0.4 is 4.57 Å². The molecule has 1 aliphatic heterocycles. The Hall–Kier alpha value is -0.785. The molecule has 2 unspecified atom stereocenters. The highest BCUT2D eigenvalue weighted by Crippen LogP contribution is 2.41. The van der Waals surface area contributed by atoms with Gasteiger partial charge < -0.3 is 0 Å². The van der Waals surface area contributed by atoms with Crippen LogP contribution in [-0.2, 0) is 7.05 Å². The van der Waals surface area contributed by atoms with Gasteiger partial charge in [-0.15, -0.1) is 0 Å². The predicted molar refractivity (Wildman–Crippen MR) is 46.9 cm³/mol. The van der Waals surface area contributed by atoms with Gasteiger partial charge in [0.25, 0.3) is 0 Å². The van der Waals surface area contributed by atoms with Crippen LogP contribution in [0.2, 0.25) is 5.82 Å².